The molecule has 0 saturated carbocycles. The van der Waals surface area contributed by atoms with Gasteiger partial charge in [-0.3, -0.25) is 5.10 Å². The van der Waals surface area contributed by atoms with Gasteiger partial charge >= 0.3 is 0 Å². The number of aromatic amines is 1. The maximum absolute atomic E-state index is 10.6. The Labute approximate surface area is 103 Å². The normalized spacial score (nSPS) is 10.1. The lowest BCUT2D eigenvalue weighted by Gasteiger charge is -2.08. The summed E-state index contributed by atoms with van der Waals surface area (Å²) in [6.07, 6.45) is 0. The molecule has 2 aromatic rings. The molecule has 0 saturated heterocycles. The number of H-pyrrole nitrogens is 1. The molecule has 6 heteroatoms. The number of carbonyl (C=O) groups is 1. The van der Waals surface area contributed by atoms with Crippen LogP contribution in [0.4, 0.5) is 0 Å². The fraction of sp³-hybridized carbons (Fsp3) is 0.167. The van der Waals surface area contributed by atoms with E-state index in [0.29, 0.717) is 17.2 Å². The summed E-state index contributed by atoms with van der Waals surface area (Å²) in [6, 6.07) is 6.60. The van der Waals surface area contributed by atoms with Gasteiger partial charge in [-0.1, -0.05) is 0 Å². The average Bonchev–Trinajstić information content (AvgIpc) is 2.87. The van der Waals surface area contributed by atoms with Crippen molar-refractivity contribution in [1.82, 2.24) is 10.2 Å². The van der Waals surface area contributed by atoms with Crippen molar-refractivity contribution in [3.05, 3.63) is 30.0 Å². The summed E-state index contributed by atoms with van der Waals surface area (Å²) in [6.45, 7) is 0. The van der Waals surface area contributed by atoms with Gasteiger partial charge in [0.1, 0.15) is 0 Å². The topological polar surface area (TPSA) is 87.3 Å². The first kappa shape index (κ1) is 12.0. The number of aromatic nitrogens is 2. The van der Waals surface area contributed by atoms with Gasteiger partial charge in [-0.05, 0) is 24.3 Å². The SMILES string of the molecule is COc1ccc(-c2cc(C(=O)[O-])[nH]n2)cc1OC. The number of ether oxygens (including phenoxy) is 2. The minimum Gasteiger partial charge on any atom is -0.543 e. The van der Waals surface area contributed by atoms with Gasteiger partial charge in [-0.25, -0.2) is 0 Å². The van der Waals surface area contributed by atoms with Crippen molar-refractivity contribution in [2.75, 3.05) is 14.2 Å². The molecule has 18 heavy (non-hydrogen) atoms. The maximum atomic E-state index is 10.6. The molecule has 1 N–H and O–H groups in total. The third-order valence-electron chi connectivity index (χ3n) is 2.48. The van der Waals surface area contributed by atoms with Crippen molar-refractivity contribution < 1.29 is 19.4 Å². The molecule has 0 fully saturated rings. The van der Waals surface area contributed by atoms with Gasteiger partial charge in [-0.15, -0.1) is 0 Å². The smallest absolute Gasteiger partial charge is 0.161 e. The predicted octanol–water partition coefficient (Wildman–Crippen LogP) is 0.457. The van der Waals surface area contributed by atoms with Gasteiger partial charge in [0.15, 0.2) is 11.5 Å². The van der Waals surface area contributed by atoms with Crippen LogP contribution < -0.4 is 14.6 Å². The Hall–Kier alpha value is -2.50. The van der Waals surface area contributed by atoms with Crippen molar-refractivity contribution in [2.45, 2.75) is 0 Å². The molecule has 0 aliphatic carbocycles. The van der Waals surface area contributed by atoms with Crippen LogP contribution in [0.25, 0.3) is 11.3 Å². The van der Waals surface area contributed by atoms with Crippen molar-refractivity contribution in [3.63, 3.8) is 0 Å². The van der Waals surface area contributed by atoms with E-state index >= 15 is 0 Å². The van der Waals surface area contributed by atoms with Crippen LogP contribution >= 0.6 is 0 Å². The van der Waals surface area contributed by atoms with Crippen LogP contribution in [-0.4, -0.2) is 30.4 Å². The van der Waals surface area contributed by atoms with Gasteiger partial charge < -0.3 is 19.4 Å². The summed E-state index contributed by atoms with van der Waals surface area (Å²) in [4.78, 5) is 10.6. The Kier molecular flexibility index (Phi) is 3.18. The average molecular weight is 247 g/mol. The highest BCUT2D eigenvalue weighted by Gasteiger charge is 2.09. The molecule has 2 rings (SSSR count). The van der Waals surface area contributed by atoms with Crippen molar-refractivity contribution in [1.29, 1.82) is 0 Å². The predicted molar refractivity (Wildman–Crippen MR) is 61.5 cm³/mol. The number of carboxylic acids is 1. The summed E-state index contributed by atoms with van der Waals surface area (Å²) < 4.78 is 10.3. The van der Waals surface area contributed by atoms with Gasteiger partial charge in [0.25, 0.3) is 0 Å². The number of rotatable bonds is 4. The second-order valence-electron chi connectivity index (χ2n) is 3.52. The molecule has 0 aliphatic rings. The third kappa shape index (κ3) is 2.13. The lowest BCUT2D eigenvalue weighted by molar-refractivity contribution is -0.255. The zero-order valence-electron chi connectivity index (χ0n) is 9.89. The fourth-order valence-electron chi connectivity index (χ4n) is 1.57. The van der Waals surface area contributed by atoms with Gasteiger partial charge in [0.05, 0.1) is 31.6 Å². The van der Waals surface area contributed by atoms with E-state index in [9.17, 15) is 9.90 Å². The van der Waals surface area contributed by atoms with E-state index in [2.05, 4.69) is 10.2 Å². The molecule has 1 heterocycles. The minimum absolute atomic E-state index is 0.0696. The Morgan fingerprint density at radius 2 is 1.94 bits per heavy atom. The summed E-state index contributed by atoms with van der Waals surface area (Å²) in [5.74, 6) is -0.154. The Morgan fingerprint density at radius 1 is 1.22 bits per heavy atom. The number of hydrogen-bond acceptors (Lipinski definition) is 5. The number of aromatic carboxylic acids is 1. The van der Waals surface area contributed by atoms with E-state index in [1.54, 1.807) is 25.3 Å². The van der Waals surface area contributed by atoms with Crippen LogP contribution in [0.1, 0.15) is 10.5 Å². The first-order valence-electron chi connectivity index (χ1n) is 5.15. The first-order valence-corrected chi connectivity index (χ1v) is 5.15. The molecule has 1 aromatic heterocycles. The second kappa shape index (κ2) is 4.79. The number of carboxylic acid groups (broad SMARTS) is 1. The number of nitrogens with one attached hydrogen (secondary N) is 1. The van der Waals surface area contributed by atoms with E-state index in [1.165, 1.54) is 13.2 Å². The number of benzene rings is 1. The highest BCUT2D eigenvalue weighted by molar-refractivity contribution is 5.85. The molecule has 0 amide bonds. The summed E-state index contributed by atoms with van der Waals surface area (Å²) in [5, 5.41) is 16.9. The van der Waals surface area contributed by atoms with Crippen LogP contribution in [0.5, 0.6) is 11.5 Å². The van der Waals surface area contributed by atoms with Crippen molar-refractivity contribution in [2.24, 2.45) is 0 Å². The maximum Gasteiger partial charge on any atom is 0.161 e. The minimum atomic E-state index is -1.30. The van der Waals surface area contributed by atoms with E-state index in [1.807, 2.05) is 0 Å². The Morgan fingerprint density at radius 3 is 2.50 bits per heavy atom. The zero-order chi connectivity index (χ0) is 13.1. The third-order valence-corrected chi connectivity index (χ3v) is 2.48. The standard InChI is InChI=1S/C12H12N2O4/c1-17-10-4-3-7(5-11(10)18-2)8-6-9(12(15)16)14-13-8/h3-6H,1-2H3,(H,13,14)(H,15,16)/p-1. The molecular formula is C12H11N2O4-. The van der Waals surface area contributed by atoms with Crippen LogP contribution in [0, 0.1) is 0 Å². The summed E-state index contributed by atoms with van der Waals surface area (Å²) in [7, 11) is 3.07. The molecule has 1 aromatic carbocycles. The highest BCUT2D eigenvalue weighted by Crippen LogP contribution is 2.31. The molecule has 0 radical (unpaired) electrons. The molecule has 94 valence electrons. The van der Waals surface area contributed by atoms with E-state index in [0.717, 1.165) is 5.56 Å². The number of nitrogens with zero attached hydrogens (tertiary/aromatic N) is 1. The molecular weight excluding hydrogens is 236 g/mol. The summed E-state index contributed by atoms with van der Waals surface area (Å²) in [5.41, 5.74) is 1.14. The largest absolute Gasteiger partial charge is 0.543 e. The van der Waals surface area contributed by atoms with Crippen LogP contribution in [-0.2, 0) is 0 Å². The summed E-state index contributed by atoms with van der Waals surface area (Å²) >= 11 is 0. The quantitative estimate of drug-likeness (QED) is 0.847. The van der Waals surface area contributed by atoms with E-state index < -0.39 is 5.97 Å². The molecule has 0 aliphatic heterocycles. The highest BCUT2D eigenvalue weighted by atomic mass is 16.5. The first-order chi connectivity index (χ1) is 8.65. The number of hydrogen-bond donors (Lipinski definition) is 1. The van der Waals surface area contributed by atoms with Crippen LogP contribution in [0.2, 0.25) is 0 Å². The molecule has 0 bridgehead atoms. The monoisotopic (exact) mass is 247 g/mol. The van der Waals surface area contributed by atoms with Gasteiger partial charge in [-0.2, -0.15) is 5.10 Å². The van der Waals surface area contributed by atoms with Gasteiger partial charge in [0.2, 0.25) is 0 Å². The van der Waals surface area contributed by atoms with E-state index in [-0.39, 0.29) is 5.69 Å². The molecule has 6 nitrogen and oxygen atoms in total. The molecule has 0 unspecified atom stereocenters. The van der Waals surface area contributed by atoms with Crippen LogP contribution in [0.15, 0.2) is 24.3 Å². The van der Waals surface area contributed by atoms with Crippen molar-refractivity contribution in [3.8, 4) is 22.8 Å². The lowest BCUT2D eigenvalue weighted by Crippen LogP contribution is -2.22. The molecule has 0 atom stereocenters. The van der Waals surface area contributed by atoms with E-state index in [4.69, 9.17) is 9.47 Å². The number of methoxy groups -OCH3 is 2. The fourth-order valence-corrected chi connectivity index (χ4v) is 1.57. The Bertz CT molecular complexity index is 577. The Balaban J connectivity index is 2.41. The molecule has 0 spiro atoms. The van der Waals surface area contributed by atoms with Gasteiger partial charge in [0, 0.05) is 5.56 Å². The zero-order valence-corrected chi connectivity index (χ0v) is 9.89. The number of carbonyl (C=O) groups excluding carboxylic acids is 1. The van der Waals surface area contributed by atoms with Crippen molar-refractivity contribution >= 4 is 5.97 Å². The lowest BCUT2D eigenvalue weighted by atomic mass is 10.1. The second-order valence-corrected chi connectivity index (χ2v) is 3.52. The van der Waals surface area contributed by atoms with Crippen LogP contribution in [0.3, 0.4) is 0 Å².